The Bertz CT molecular complexity index is 816. The second-order valence-electron chi connectivity index (χ2n) is 9.73. The Balaban J connectivity index is 1.53. The van der Waals surface area contributed by atoms with Gasteiger partial charge in [0.25, 0.3) is 0 Å². The number of hydrogen-bond donors (Lipinski definition) is 2. The molecule has 2 saturated carbocycles. The molecule has 5 unspecified atom stereocenters. The molecule has 0 aromatic rings. The highest BCUT2D eigenvalue weighted by atomic mass is 32.2. The average molecular weight is 459 g/mol. The molecule has 2 heterocycles. The van der Waals surface area contributed by atoms with Crippen molar-refractivity contribution in [1.29, 1.82) is 0 Å². The number of nitrogens with zero attached hydrogens (tertiary/aromatic N) is 2. The molecule has 2 aliphatic carbocycles. The van der Waals surface area contributed by atoms with Crippen molar-refractivity contribution in [2.75, 3.05) is 26.8 Å². The molecule has 0 bridgehead atoms. The van der Waals surface area contributed by atoms with Crippen molar-refractivity contribution in [2.45, 2.75) is 81.3 Å². The first-order chi connectivity index (χ1) is 14.6. The van der Waals surface area contributed by atoms with E-state index in [0.717, 1.165) is 12.8 Å². The number of sulfonamides is 1. The van der Waals surface area contributed by atoms with Gasteiger partial charge >= 0.3 is 6.03 Å². The maximum atomic E-state index is 13.4. The number of fused-ring (bicyclic) bond motifs is 1. The molecule has 5 atom stereocenters. The number of imide groups is 1. The number of carbonyl (C=O) groups is 2. The maximum absolute atomic E-state index is 13.4. The van der Waals surface area contributed by atoms with Gasteiger partial charge in [-0.1, -0.05) is 0 Å². The molecule has 176 valence electrons. The molecule has 0 radical (unpaired) electrons. The molecule has 4 fully saturated rings. The minimum atomic E-state index is -3.53. The lowest BCUT2D eigenvalue weighted by atomic mass is 9.80. The number of hydroxylamine groups is 1. The van der Waals surface area contributed by atoms with E-state index in [0.29, 0.717) is 32.4 Å². The largest absolute Gasteiger partial charge is 0.383 e. The number of nitrogens with one attached hydrogen (secondary N) is 2. The first-order valence-corrected chi connectivity index (χ1v) is 12.7. The number of methoxy groups -OCH3 is 1. The second kappa shape index (κ2) is 8.58. The van der Waals surface area contributed by atoms with Crippen LogP contribution in [0.1, 0.15) is 52.4 Å². The van der Waals surface area contributed by atoms with Crippen LogP contribution in [-0.4, -0.2) is 85.9 Å². The van der Waals surface area contributed by atoms with Gasteiger partial charge in [0.2, 0.25) is 15.9 Å². The average Bonchev–Trinajstić information content (AvgIpc) is 3.28. The SMILES string of the molecule is COCCN1C(=O)N(CC2CC(C)NO2)C(=O)C2CC(S(=O)(=O)NC3(C)CC3)CCC21. The summed E-state index contributed by atoms with van der Waals surface area (Å²) in [5, 5.41) is -0.626. The molecule has 2 N–H and O–H groups in total. The van der Waals surface area contributed by atoms with E-state index in [1.807, 2.05) is 13.8 Å². The molecule has 0 aromatic heterocycles. The first-order valence-electron chi connectivity index (χ1n) is 11.2. The van der Waals surface area contributed by atoms with Gasteiger partial charge in [-0.05, 0) is 52.4 Å². The summed E-state index contributed by atoms with van der Waals surface area (Å²) < 4.78 is 34.0. The Labute approximate surface area is 184 Å². The predicted molar refractivity (Wildman–Crippen MR) is 112 cm³/mol. The summed E-state index contributed by atoms with van der Waals surface area (Å²) in [7, 11) is -1.96. The Kier molecular flexibility index (Phi) is 6.34. The summed E-state index contributed by atoms with van der Waals surface area (Å²) in [4.78, 5) is 35.1. The first kappa shape index (κ1) is 22.9. The van der Waals surface area contributed by atoms with E-state index in [9.17, 15) is 18.0 Å². The Morgan fingerprint density at radius 1 is 1.26 bits per heavy atom. The minimum absolute atomic E-state index is 0.149. The summed E-state index contributed by atoms with van der Waals surface area (Å²) in [6.07, 6.45) is 3.24. The highest BCUT2D eigenvalue weighted by molar-refractivity contribution is 7.90. The van der Waals surface area contributed by atoms with Crippen molar-refractivity contribution in [3.63, 3.8) is 0 Å². The van der Waals surface area contributed by atoms with Gasteiger partial charge in [-0.25, -0.2) is 17.9 Å². The minimum Gasteiger partial charge on any atom is -0.383 e. The fraction of sp³-hybridized carbons (Fsp3) is 0.900. The third-order valence-electron chi connectivity index (χ3n) is 7.03. The van der Waals surface area contributed by atoms with Crippen LogP contribution in [0, 0.1) is 5.92 Å². The highest BCUT2D eigenvalue weighted by Crippen LogP contribution is 2.40. The third-order valence-corrected chi connectivity index (χ3v) is 9.11. The molecular weight excluding hydrogens is 424 g/mol. The van der Waals surface area contributed by atoms with Crippen LogP contribution in [-0.2, 0) is 24.4 Å². The van der Waals surface area contributed by atoms with Gasteiger partial charge in [0.1, 0.15) is 0 Å². The molecule has 4 aliphatic rings. The highest BCUT2D eigenvalue weighted by Gasteiger charge is 2.52. The van der Waals surface area contributed by atoms with Gasteiger partial charge in [-0.3, -0.25) is 14.5 Å². The molecule has 3 amide bonds. The van der Waals surface area contributed by atoms with Gasteiger partial charge in [0.15, 0.2) is 0 Å². The number of rotatable bonds is 8. The molecule has 2 aliphatic heterocycles. The lowest BCUT2D eigenvalue weighted by Gasteiger charge is -2.48. The Hall–Kier alpha value is -1.27. The standard InChI is InChI=1S/C20H34N4O6S/c1-13-10-14(30-21-13)12-24-18(25)16-11-15(31(27,28)22-20(2)6-7-20)4-5-17(16)23(19(24)26)8-9-29-3/h13-17,21-22H,4-12H2,1-3H3. The molecule has 10 nitrogen and oxygen atoms in total. The van der Waals surface area contributed by atoms with E-state index in [1.54, 1.807) is 12.0 Å². The molecule has 11 heteroatoms. The van der Waals surface area contributed by atoms with Crippen molar-refractivity contribution >= 4 is 22.0 Å². The summed E-state index contributed by atoms with van der Waals surface area (Å²) in [6, 6.07) is -0.483. The monoisotopic (exact) mass is 458 g/mol. The van der Waals surface area contributed by atoms with Crippen molar-refractivity contribution < 1.29 is 27.6 Å². The number of carbonyl (C=O) groups excluding carboxylic acids is 2. The lowest BCUT2D eigenvalue weighted by molar-refractivity contribution is -0.142. The van der Waals surface area contributed by atoms with Crippen LogP contribution in [0.25, 0.3) is 0 Å². The van der Waals surface area contributed by atoms with E-state index in [2.05, 4.69) is 10.2 Å². The van der Waals surface area contributed by atoms with Crippen molar-refractivity contribution in [2.24, 2.45) is 5.92 Å². The van der Waals surface area contributed by atoms with Gasteiger partial charge in [-0.2, -0.15) is 5.48 Å². The molecular formula is C20H34N4O6S. The Morgan fingerprint density at radius 2 is 2.00 bits per heavy atom. The van der Waals surface area contributed by atoms with Crippen molar-refractivity contribution in [1.82, 2.24) is 20.0 Å². The molecule has 0 spiro atoms. The van der Waals surface area contributed by atoms with Crippen molar-refractivity contribution in [3.8, 4) is 0 Å². The Morgan fingerprint density at radius 3 is 2.61 bits per heavy atom. The van der Waals surface area contributed by atoms with Crippen LogP contribution in [0.4, 0.5) is 4.79 Å². The van der Waals surface area contributed by atoms with Crippen LogP contribution in [0.3, 0.4) is 0 Å². The zero-order chi connectivity index (χ0) is 22.4. The quantitative estimate of drug-likeness (QED) is 0.547. The summed E-state index contributed by atoms with van der Waals surface area (Å²) in [6.45, 7) is 4.77. The summed E-state index contributed by atoms with van der Waals surface area (Å²) in [5.41, 5.74) is 2.53. The van der Waals surface area contributed by atoms with Gasteiger partial charge in [0, 0.05) is 31.3 Å². The smallest absolute Gasteiger partial charge is 0.327 e. The molecule has 0 aromatic carbocycles. The lowest BCUT2D eigenvalue weighted by Crippen LogP contribution is -2.65. The molecule has 31 heavy (non-hydrogen) atoms. The number of amides is 3. The topological polar surface area (TPSA) is 117 Å². The molecule has 2 saturated heterocycles. The van der Waals surface area contributed by atoms with Gasteiger partial charge in [0.05, 0.1) is 30.4 Å². The van der Waals surface area contributed by atoms with Crippen molar-refractivity contribution in [3.05, 3.63) is 0 Å². The fourth-order valence-corrected chi connectivity index (χ4v) is 6.95. The van der Waals surface area contributed by atoms with E-state index in [4.69, 9.17) is 9.57 Å². The second-order valence-corrected chi connectivity index (χ2v) is 11.7. The summed E-state index contributed by atoms with van der Waals surface area (Å²) in [5.74, 6) is -0.826. The van der Waals surface area contributed by atoms with E-state index in [1.165, 1.54) is 4.90 Å². The van der Waals surface area contributed by atoms with Crippen LogP contribution >= 0.6 is 0 Å². The van der Waals surface area contributed by atoms with E-state index < -0.39 is 21.2 Å². The zero-order valence-electron chi connectivity index (χ0n) is 18.5. The van der Waals surface area contributed by atoms with Crippen LogP contribution < -0.4 is 10.2 Å². The number of ether oxygens (including phenoxy) is 1. The maximum Gasteiger partial charge on any atom is 0.327 e. The van der Waals surface area contributed by atoms with E-state index >= 15 is 0 Å². The predicted octanol–water partition coefficient (Wildman–Crippen LogP) is 0.588. The van der Waals surface area contributed by atoms with Crippen LogP contribution in [0.5, 0.6) is 0 Å². The van der Waals surface area contributed by atoms with E-state index in [-0.39, 0.29) is 48.6 Å². The zero-order valence-corrected chi connectivity index (χ0v) is 19.3. The van der Waals surface area contributed by atoms with Gasteiger partial charge in [-0.15, -0.1) is 0 Å². The summed E-state index contributed by atoms with van der Waals surface area (Å²) >= 11 is 0. The fourth-order valence-electron chi connectivity index (χ4n) is 4.98. The third kappa shape index (κ3) is 4.75. The van der Waals surface area contributed by atoms with Gasteiger partial charge < -0.3 is 9.64 Å². The van der Waals surface area contributed by atoms with Crippen LogP contribution in [0.15, 0.2) is 0 Å². The number of hydrogen-bond acceptors (Lipinski definition) is 7. The normalized spacial score (nSPS) is 35.4. The van der Waals surface area contributed by atoms with Crippen LogP contribution in [0.2, 0.25) is 0 Å². The number of urea groups is 1. The molecule has 4 rings (SSSR count).